The number of anilines is 1. The van der Waals surface area contributed by atoms with Crippen molar-refractivity contribution in [1.82, 2.24) is 15.1 Å². The third-order valence-corrected chi connectivity index (χ3v) is 10.3. The molecule has 0 spiro atoms. The number of ether oxygens (including phenoxy) is 1. The Bertz CT molecular complexity index is 1680. The second kappa shape index (κ2) is 11.5. The number of carbonyl (C=O) groups is 1. The number of halogens is 3. The molecule has 1 aromatic heterocycles. The molecule has 232 valence electrons. The Morgan fingerprint density at radius 3 is 2.41 bits per heavy atom. The van der Waals surface area contributed by atoms with Gasteiger partial charge in [-0.2, -0.15) is 10.4 Å². The summed E-state index contributed by atoms with van der Waals surface area (Å²) in [6.07, 6.45) is 1.23. The maximum absolute atomic E-state index is 13.5. The van der Waals surface area contributed by atoms with Gasteiger partial charge in [-0.15, -0.1) is 13.2 Å². The minimum absolute atomic E-state index is 0.0982. The van der Waals surface area contributed by atoms with Gasteiger partial charge in [0.1, 0.15) is 11.3 Å². The molecule has 13 heteroatoms. The Kier molecular flexibility index (Phi) is 7.82. The number of sulfone groups is 1. The highest BCUT2D eigenvalue weighted by molar-refractivity contribution is 7.91. The fourth-order valence-electron chi connectivity index (χ4n) is 6.15. The molecule has 3 fully saturated rings. The molecule has 44 heavy (non-hydrogen) atoms. The maximum atomic E-state index is 13.5. The summed E-state index contributed by atoms with van der Waals surface area (Å²) in [6, 6.07) is 15.5. The van der Waals surface area contributed by atoms with Gasteiger partial charge >= 0.3 is 6.36 Å². The van der Waals surface area contributed by atoms with Crippen molar-refractivity contribution in [2.24, 2.45) is 5.92 Å². The topological polar surface area (TPSA) is 117 Å². The van der Waals surface area contributed by atoms with E-state index in [0.29, 0.717) is 50.2 Å². The first-order valence-electron chi connectivity index (χ1n) is 14.7. The first-order valence-corrected chi connectivity index (χ1v) is 16.5. The predicted molar refractivity (Wildman–Crippen MR) is 157 cm³/mol. The van der Waals surface area contributed by atoms with Crippen LogP contribution in [0.3, 0.4) is 0 Å². The predicted octanol–water partition coefficient (Wildman–Crippen LogP) is 5.12. The lowest BCUT2D eigenvalue weighted by Crippen LogP contribution is -2.42. The molecular weight excluding hydrogens is 595 g/mol. The Balaban J connectivity index is 1.36. The molecule has 3 aliphatic rings. The van der Waals surface area contributed by atoms with Crippen LogP contribution in [0.5, 0.6) is 5.75 Å². The third kappa shape index (κ3) is 6.55. The Morgan fingerprint density at radius 2 is 1.75 bits per heavy atom. The number of nitriles is 1. The molecule has 1 saturated heterocycles. The number of hydrogen-bond donors (Lipinski definition) is 1. The SMILES string of the molecule is N#CC1(NC(=O)C2CCCCC2c2nn(-c3cccc(OC(F)(F)F)c3)cc2-c2ccc(N3CCS(=O)(=O)CC3)cc2)CC1. The van der Waals surface area contributed by atoms with Gasteiger partial charge in [0, 0.05) is 48.4 Å². The van der Waals surface area contributed by atoms with E-state index < -0.39 is 27.7 Å². The van der Waals surface area contributed by atoms with Crippen LogP contribution >= 0.6 is 0 Å². The highest BCUT2D eigenvalue weighted by atomic mass is 32.2. The molecule has 6 rings (SSSR count). The van der Waals surface area contributed by atoms with E-state index in [-0.39, 0.29) is 29.1 Å². The molecule has 2 unspecified atom stereocenters. The second-order valence-electron chi connectivity index (χ2n) is 11.8. The number of amides is 1. The van der Waals surface area contributed by atoms with Gasteiger partial charge in [0.25, 0.3) is 0 Å². The second-order valence-corrected chi connectivity index (χ2v) is 14.1. The fraction of sp³-hybridized carbons (Fsp3) is 0.452. The lowest BCUT2D eigenvalue weighted by atomic mass is 9.75. The molecule has 0 radical (unpaired) electrons. The molecule has 1 aliphatic heterocycles. The molecule has 2 heterocycles. The number of nitrogens with one attached hydrogen (secondary N) is 1. The van der Waals surface area contributed by atoms with E-state index in [1.54, 1.807) is 12.3 Å². The van der Waals surface area contributed by atoms with Gasteiger partial charge in [-0.25, -0.2) is 13.1 Å². The summed E-state index contributed by atoms with van der Waals surface area (Å²) in [6.45, 7) is 0.814. The molecule has 9 nitrogen and oxygen atoms in total. The highest BCUT2D eigenvalue weighted by Crippen LogP contribution is 2.43. The minimum atomic E-state index is -4.84. The van der Waals surface area contributed by atoms with Crippen molar-refractivity contribution in [2.45, 2.75) is 56.3 Å². The van der Waals surface area contributed by atoms with Crippen LogP contribution in [0.15, 0.2) is 54.7 Å². The third-order valence-electron chi connectivity index (χ3n) is 8.73. The van der Waals surface area contributed by atoms with Crippen molar-refractivity contribution in [2.75, 3.05) is 29.5 Å². The summed E-state index contributed by atoms with van der Waals surface area (Å²) < 4.78 is 68.3. The Labute approximate surface area is 253 Å². The lowest BCUT2D eigenvalue weighted by Gasteiger charge is -2.31. The van der Waals surface area contributed by atoms with Crippen LogP contribution in [0.4, 0.5) is 18.9 Å². The smallest absolute Gasteiger partial charge is 0.406 e. The van der Waals surface area contributed by atoms with E-state index in [1.807, 2.05) is 29.2 Å². The molecule has 3 aromatic rings. The summed E-state index contributed by atoms with van der Waals surface area (Å²) >= 11 is 0. The number of benzene rings is 2. The summed E-state index contributed by atoms with van der Waals surface area (Å²) in [5.41, 5.74) is 2.66. The van der Waals surface area contributed by atoms with Gasteiger partial charge in [-0.1, -0.05) is 31.0 Å². The molecule has 1 N–H and O–H groups in total. The van der Waals surface area contributed by atoms with Crippen LogP contribution in [0.1, 0.15) is 50.1 Å². The van der Waals surface area contributed by atoms with Crippen molar-refractivity contribution in [3.8, 4) is 28.6 Å². The number of carbonyl (C=O) groups excluding carboxylic acids is 1. The average molecular weight is 628 g/mol. The van der Waals surface area contributed by atoms with Crippen LogP contribution in [-0.4, -0.2) is 60.6 Å². The first-order chi connectivity index (χ1) is 20.9. The molecule has 2 saturated carbocycles. The number of aromatic nitrogens is 2. The van der Waals surface area contributed by atoms with Crippen molar-refractivity contribution < 1.29 is 31.1 Å². The van der Waals surface area contributed by atoms with Gasteiger partial charge < -0.3 is 15.0 Å². The van der Waals surface area contributed by atoms with Gasteiger partial charge in [-0.3, -0.25) is 4.79 Å². The minimum Gasteiger partial charge on any atom is -0.406 e. The van der Waals surface area contributed by atoms with E-state index in [2.05, 4.69) is 16.1 Å². The highest BCUT2D eigenvalue weighted by Gasteiger charge is 2.47. The van der Waals surface area contributed by atoms with Gasteiger partial charge in [-0.05, 0) is 55.5 Å². The van der Waals surface area contributed by atoms with Gasteiger partial charge in [0.15, 0.2) is 9.84 Å². The number of alkyl halides is 3. The number of hydrogen-bond acceptors (Lipinski definition) is 7. The zero-order valence-electron chi connectivity index (χ0n) is 23.9. The average Bonchev–Trinajstić information content (AvgIpc) is 3.62. The van der Waals surface area contributed by atoms with E-state index in [0.717, 1.165) is 29.7 Å². The Hall–Kier alpha value is -4.05. The quantitative estimate of drug-likeness (QED) is 0.387. The molecule has 2 aliphatic carbocycles. The molecule has 2 aromatic carbocycles. The van der Waals surface area contributed by atoms with E-state index in [1.165, 1.54) is 22.9 Å². The van der Waals surface area contributed by atoms with Gasteiger partial charge in [0.2, 0.25) is 5.91 Å². The van der Waals surface area contributed by atoms with Crippen LogP contribution in [-0.2, 0) is 14.6 Å². The fourth-order valence-corrected chi connectivity index (χ4v) is 7.35. The summed E-state index contributed by atoms with van der Waals surface area (Å²) in [5.74, 6) is -1.03. The standard InChI is InChI=1S/C31H32F3N5O4S/c32-31(33,34)43-24-5-3-4-23(18-24)39-19-27(21-8-10-22(11-9-21)38-14-16-44(41,42)17-15-38)28(37-39)25-6-1-2-7-26(25)29(40)36-30(20-35)12-13-30/h3-5,8-11,18-19,25-26H,1-2,6-7,12-17H2,(H,36,40). The molecular formula is C31H32F3N5O4S. The zero-order chi connectivity index (χ0) is 31.1. The van der Waals surface area contributed by atoms with Crippen LogP contribution in [0, 0.1) is 17.2 Å². The van der Waals surface area contributed by atoms with Crippen molar-refractivity contribution in [3.63, 3.8) is 0 Å². The first kappa shape index (κ1) is 30.0. The summed E-state index contributed by atoms with van der Waals surface area (Å²) in [7, 11) is -3.03. The lowest BCUT2D eigenvalue weighted by molar-refractivity contribution is -0.274. The monoisotopic (exact) mass is 627 g/mol. The maximum Gasteiger partial charge on any atom is 0.573 e. The summed E-state index contributed by atoms with van der Waals surface area (Å²) in [4.78, 5) is 15.5. The van der Waals surface area contributed by atoms with Crippen molar-refractivity contribution >= 4 is 21.4 Å². The summed E-state index contributed by atoms with van der Waals surface area (Å²) in [5, 5.41) is 17.4. The van der Waals surface area contributed by atoms with E-state index >= 15 is 0 Å². The largest absolute Gasteiger partial charge is 0.573 e. The van der Waals surface area contributed by atoms with Crippen LogP contribution in [0.25, 0.3) is 16.8 Å². The van der Waals surface area contributed by atoms with E-state index in [9.17, 15) is 31.6 Å². The molecule has 1 amide bonds. The number of rotatable bonds is 7. The molecule has 0 bridgehead atoms. The van der Waals surface area contributed by atoms with Crippen LogP contribution < -0.4 is 15.0 Å². The Morgan fingerprint density at radius 1 is 1.05 bits per heavy atom. The number of nitrogens with zero attached hydrogens (tertiary/aromatic N) is 4. The molecule has 2 atom stereocenters. The van der Waals surface area contributed by atoms with Crippen LogP contribution in [0.2, 0.25) is 0 Å². The zero-order valence-corrected chi connectivity index (χ0v) is 24.7. The van der Waals surface area contributed by atoms with Crippen molar-refractivity contribution in [3.05, 3.63) is 60.4 Å². The normalized spacial score (nSPS) is 22.5. The van der Waals surface area contributed by atoms with Gasteiger partial charge in [0.05, 0.1) is 29.0 Å². The van der Waals surface area contributed by atoms with Crippen molar-refractivity contribution in [1.29, 1.82) is 5.26 Å². The van der Waals surface area contributed by atoms with E-state index in [4.69, 9.17) is 5.10 Å².